The number of aliphatic hydroxyl groups is 1. The standard InChI is InChI=1S/C61H87NO8Si/c1-12-18-41-61(47-28-32-50(33-29-47)66-17-6,57-42-54(70-62-57)44-71(9,10)11)48-30-38-53(39-31-48)69-60(16-5,40-14-3)58(65)23-20-19-22-55(64)56(21-13-2)68-52-36-26-46(27-37-52)59(7,8)45-24-34-51(35-25-45)67-49(15-4)43-63/h24-39,49,54,56,63H,12-23,40-44H2,1-11H3. The summed E-state index contributed by atoms with van der Waals surface area (Å²) < 4.78 is 24.9. The maximum atomic E-state index is 14.3. The first kappa shape index (κ1) is 57.0. The summed E-state index contributed by atoms with van der Waals surface area (Å²) in [5.74, 6) is 3.06. The third-order valence-electron chi connectivity index (χ3n) is 14.4. The van der Waals surface area contributed by atoms with Crippen LogP contribution >= 0.6 is 0 Å². The molecule has 0 amide bonds. The van der Waals surface area contributed by atoms with Crippen LogP contribution < -0.4 is 18.9 Å². The number of unbranched alkanes of at least 4 members (excludes halogenated alkanes) is 2. The molecule has 0 aromatic heterocycles. The first-order valence-corrected chi connectivity index (χ1v) is 30.7. The summed E-state index contributed by atoms with van der Waals surface area (Å²) in [6.45, 7) is 24.5. The number of aliphatic hydroxyl groups excluding tert-OH is 1. The molecular weight excluding hydrogens is 903 g/mol. The summed E-state index contributed by atoms with van der Waals surface area (Å²) >= 11 is 0. The van der Waals surface area contributed by atoms with Gasteiger partial charge in [-0.15, -0.1) is 0 Å². The van der Waals surface area contributed by atoms with Crippen molar-refractivity contribution in [3.05, 3.63) is 119 Å². The molecule has 5 atom stereocenters. The van der Waals surface area contributed by atoms with Gasteiger partial charge >= 0.3 is 0 Å². The van der Waals surface area contributed by atoms with E-state index in [-0.39, 0.29) is 35.8 Å². The molecule has 0 saturated carbocycles. The molecule has 0 bridgehead atoms. The van der Waals surface area contributed by atoms with E-state index in [1.165, 1.54) is 5.56 Å². The number of hydrogen-bond donors (Lipinski definition) is 1. The van der Waals surface area contributed by atoms with Crippen molar-refractivity contribution in [3.63, 3.8) is 0 Å². The van der Waals surface area contributed by atoms with Crippen LogP contribution in [0.4, 0.5) is 0 Å². The van der Waals surface area contributed by atoms with Crippen molar-refractivity contribution >= 4 is 25.4 Å². The average molecular weight is 990 g/mol. The van der Waals surface area contributed by atoms with E-state index in [9.17, 15) is 14.7 Å². The van der Waals surface area contributed by atoms with E-state index >= 15 is 0 Å². The Labute approximate surface area is 428 Å². The lowest BCUT2D eigenvalue weighted by Gasteiger charge is -2.36. The second-order valence-corrected chi connectivity index (χ2v) is 27.0. The van der Waals surface area contributed by atoms with Crippen molar-refractivity contribution in [1.82, 2.24) is 0 Å². The van der Waals surface area contributed by atoms with Crippen LogP contribution in [0.25, 0.3) is 0 Å². The highest BCUT2D eigenvalue weighted by Crippen LogP contribution is 2.44. The minimum absolute atomic E-state index is 0.0153. The molecule has 9 nitrogen and oxygen atoms in total. The maximum absolute atomic E-state index is 14.3. The molecule has 388 valence electrons. The zero-order valence-electron chi connectivity index (χ0n) is 45.2. The van der Waals surface area contributed by atoms with Crippen LogP contribution in [0.3, 0.4) is 0 Å². The lowest BCUT2D eigenvalue weighted by Crippen LogP contribution is -2.44. The normalized spacial score (nSPS) is 16.5. The quantitative estimate of drug-likeness (QED) is 0.0380. The van der Waals surface area contributed by atoms with Gasteiger partial charge in [-0.2, -0.15) is 0 Å². The van der Waals surface area contributed by atoms with Gasteiger partial charge in [-0.25, -0.2) is 0 Å². The van der Waals surface area contributed by atoms with Crippen molar-refractivity contribution in [1.29, 1.82) is 0 Å². The van der Waals surface area contributed by atoms with E-state index in [0.717, 1.165) is 84.9 Å². The van der Waals surface area contributed by atoms with Gasteiger partial charge in [0.25, 0.3) is 0 Å². The molecule has 4 aromatic rings. The molecule has 0 fully saturated rings. The van der Waals surface area contributed by atoms with E-state index in [2.05, 4.69) is 115 Å². The van der Waals surface area contributed by atoms with Gasteiger partial charge in [-0.05, 0) is 129 Å². The number of ketones is 2. The summed E-state index contributed by atoms with van der Waals surface area (Å²) in [6.07, 6.45) is 9.04. The molecule has 0 radical (unpaired) electrons. The fourth-order valence-electron chi connectivity index (χ4n) is 10.2. The number of carbonyl (C=O) groups excluding carboxylic acids is 2. The van der Waals surface area contributed by atoms with Gasteiger partial charge in [-0.1, -0.05) is 147 Å². The molecule has 1 heterocycles. The summed E-state index contributed by atoms with van der Waals surface area (Å²) in [4.78, 5) is 34.2. The molecule has 10 heteroatoms. The number of benzene rings is 4. The van der Waals surface area contributed by atoms with Gasteiger partial charge in [0, 0.05) is 32.8 Å². The van der Waals surface area contributed by atoms with E-state index in [0.29, 0.717) is 63.1 Å². The molecule has 5 rings (SSSR count). The zero-order valence-corrected chi connectivity index (χ0v) is 46.2. The van der Waals surface area contributed by atoms with Crippen LogP contribution in [0, 0.1) is 0 Å². The number of ether oxygens (including phenoxy) is 4. The van der Waals surface area contributed by atoms with E-state index in [1.807, 2.05) is 57.2 Å². The first-order chi connectivity index (χ1) is 34.0. The largest absolute Gasteiger partial charge is 0.494 e. The lowest BCUT2D eigenvalue weighted by atomic mass is 9.66. The molecule has 4 aromatic carbocycles. The summed E-state index contributed by atoms with van der Waals surface area (Å²) in [6, 6.07) is 34.1. The Balaban J connectivity index is 1.24. The fourth-order valence-corrected chi connectivity index (χ4v) is 11.8. The summed E-state index contributed by atoms with van der Waals surface area (Å²) in [5.41, 5.74) is 3.87. The first-order valence-electron chi connectivity index (χ1n) is 27.0. The number of nitrogens with zero attached hydrogens (tertiary/aromatic N) is 1. The SMILES string of the molecule is CCCCC(C1=NOC(C[Si](C)(C)C)C1)(c1ccc(OCC)cc1)c1ccc(OC(CC)(CCC)C(=O)CCCCC(=O)C(CCC)Oc2ccc(C(C)(C)c3ccc(OC(CC)CO)cc3)cc2)cc1. The second-order valence-electron chi connectivity index (χ2n) is 21.4. The van der Waals surface area contributed by atoms with Gasteiger partial charge in [0.05, 0.1) is 24.3 Å². The van der Waals surface area contributed by atoms with E-state index in [1.54, 1.807) is 0 Å². The topological polar surface area (TPSA) is 113 Å². The third-order valence-corrected chi connectivity index (χ3v) is 16.1. The minimum Gasteiger partial charge on any atom is -0.494 e. The van der Waals surface area contributed by atoms with Crippen LogP contribution in [0.5, 0.6) is 23.0 Å². The summed E-state index contributed by atoms with van der Waals surface area (Å²) in [7, 11) is -1.40. The molecule has 71 heavy (non-hydrogen) atoms. The highest BCUT2D eigenvalue weighted by Gasteiger charge is 2.44. The number of oxime groups is 1. The van der Waals surface area contributed by atoms with Crippen LogP contribution in [-0.2, 0) is 25.3 Å². The predicted molar refractivity (Wildman–Crippen MR) is 293 cm³/mol. The Kier molecular flexibility index (Phi) is 21.4. The maximum Gasteiger partial charge on any atom is 0.176 e. The Bertz CT molecular complexity index is 2260. The van der Waals surface area contributed by atoms with Gasteiger partial charge in [0.1, 0.15) is 35.2 Å². The monoisotopic (exact) mass is 990 g/mol. The van der Waals surface area contributed by atoms with Crippen molar-refractivity contribution in [2.45, 2.75) is 206 Å². The van der Waals surface area contributed by atoms with Crippen molar-refractivity contribution in [2.75, 3.05) is 13.2 Å². The molecule has 5 unspecified atom stereocenters. The highest BCUT2D eigenvalue weighted by atomic mass is 28.3. The molecule has 0 aliphatic carbocycles. The molecule has 0 spiro atoms. The number of Topliss-reactive ketones (excluding diaryl/α,β-unsaturated/α-hetero) is 2. The molecule has 0 saturated heterocycles. The fraction of sp³-hybridized carbons (Fsp3) is 0.557. The predicted octanol–water partition coefficient (Wildman–Crippen LogP) is 14.8. The van der Waals surface area contributed by atoms with Crippen LogP contribution in [-0.4, -0.2) is 67.6 Å². The zero-order chi connectivity index (χ0) is 51.7. The van der Waals surface area contributed by atoms with Crippen LogP contribution in [0.15, 0.2) is 102 Å². The second kappa shape index (κ2) is 26.7. The number of hydrogen-bond acceptors (Lipinski definition) is 9. The van der Waals surface area contributed by atoms with Gasteiger partial charge in [0.15, 0.2) is 23.3 Å². The van der Waals surface area contributed by atoms with Crippen molar-refractivity contribution < 1.29 is 38.5 Å². The Morgan fingerprint density at radius 2 is 1.24 bits per heavy atom. The van der Waals surface area contributed by atoms with Crippen molar-refractivity contribution in [2.24, 2.45) is 5.16 Å². The van der Waals surface area contributed by atoms with Gasteiger partial charge in [0.2, 0.25) is 0 Å². The van der Waals surface area contributed by atoms with Crippen LogP contribution in [0.2, 0.25) is 25.7 Å². The van der Waals surface area contributed by atoms with Gasteiger partial charge < -0.3 is 28.9 Å². The molecular formula is C61H87NO8Si. The molecule has 1 aliphatic heterocycles. The lowest BCUT2D eigenvalue weighted by molar-refractivity contribution is -0.136. The molecule has 1 N–H and O–H groups in total. The Morgan fingerprint density at radius 1 is 0.690 bits per heavy atom. The van der Waals surface area contributed by atoms with Gasteiger partial charge in [-0.3, -0.25) is 9.59 Å². The van der Waals surface area contributed by atoms with Crippen molar-refractivity contribution in [3.8, 4) is 23.0 Å². The molecule has 1 aliphatic rings. The average Bonchev–Trinajstić information content (AvgIpc) is 3.82. The van der Waals surface area contributed by atoms with E-state index < -0.39 is 25.2 Å². The third kappa shape index (κ3) is 15.1. The summed E-state index contributed by atoms with van der Waals surface area (Å²) in [5, 5.41) is 14.4. The minimum atomic E-state index is -1.40. The van der Waals surface area contributed by atoms with E-state index in [4.69, 9.17) is 28.9 Å². The number of rotatable bonds is 32. The Hall–Kier alpha value is -4.93. The number of carbonyl (C=O) groups is 2. The highest BCUT2D eigenvalue weighted by molar-refractivity contribution is 6.76. The van der Waals surface area contributed by atoms with Crippen LogP contribution in [0.1, 0.15) is 168 Å². The Morgan fingerprint density at radius 3 is 1.75 bits per heavy atom. The smallest absolute Gasteiger partial charge is 0.176 e.